The zero-order chi connectivity index (χ0) is 20.7. The molecular formula is C19H19N3O6. The highest BCUT2D eigenvalue weighted by molar-refractivity contribution is 5.91. The van der Waals surface area contributed by atoms with Gasteiger partial charge in [-0.1, -0.05) is 0 Å². The summed E-state index contributed by atoms with van der Waals surface area (Å²) < 4.78 is 10.3. The van der Waals surface area contributed by atoms with Crippen LogP contribution in [0.15, 0.2) is 53.6 Å². The Balaban J connectivity index is 1.91. The second-order valence-corrected chi connectivity index (χ2v) is 6.63. The average Bonchev–Trinajstić information content (AvgIpc) is 2.61. The second kappa shape index (κ2) is 8.76. The number of nitro groups is 1. The molecule has 0 aliphatic heterocycles. The SMILES string of the molecule is CC(C)(C)OC(=O)N/N=C/c1ccc(OC(=O)c2ccc([N+](=O)[O-])cc2)cc1. The minimum Gasteiger partial charge on any atom is -0.443 e. The Hall–Kier alpha value is -3.75. The summed E-state index contributed by atoms with van der Waals surface area (Å²) in [5.74, 6) is -0.344. The first-order valence-electron chi connectivity index (χ1n) is 8.23. The number of amides is 1. The Bertz CT molecular complexity index is 883. The molecule has 2 rings (SSSR count). The van der Waals surface area contributed by atoms with Crippen molar-refractivity contribution < 1.29 is 24.0 Å². The molecule has 0 bridgehead atoms. The van der Waals surface area contributed by atoms with Gasteiger partial charge in [0, 0.05) is 12.1 Å². The molecule has 0 aromatic heterocycles. The summed E-state index contributed by atoms with van der Waals surface area (Å²) in [4.78, 5) is 33.6. The average molecular weight is 385 g/mol. The number of rotatable bonds is 5. The number of hydrogen-bond donors (Lipinski definition) is 1. The fourth-order valence-electron chi connectivity index (χ4n) is 1.97. The molecular weight excluding hydrogens is 366 g/mol. The zero-order valence-electron chi connectivity index (χ0n) is 15.5. The van der Waals surface area contributed by atoms with Crippen molar-refractivity contribution in [3.63, 3.8) is 0 Å². The van der Waals surface area contributed by atoms with Crippen molar-refractivity contribution in [3.05, 3.63) is 69.8 Å². The molecule has 0 aliphatic carbocycles. The Morgan fingerprint density at radius 2 is 1.68 bits per heavy atom. The summed E-state index contributed by atoms with van der Waals surface area (Å²) in [6, 6.07) is 11.5. The molecule has 28 heavy (non-hydrogen) atoms. The van der Waals surface area contributed by atoms with Crippen LogP contribution < -0.4 is 10.2 Å². The van der Waals surface area contributed by atoms with E-state index in [9.17, 15) is 19.7 Å². The highest BCUT2D eigenvalue weighted by atomic mass is 16.6. The van der Waals surface area contributed by atoms with Crippen molar-refractivity contribution in [2.45, 2.75) is 26.4 Å². The normalized spacial score (nSPS) is 11.1. The van der Waals surface area contributed by atoms with Gasteiger partial charge in [-0.15, -0.1) is 0 Å². The van der Waals surface area contributed by atoms with E-state index in [1.165, 1.54) is 30.5 Å². The minimum atomic E-state index is -0.669. The van der Waals surface area contributed by atoms with Crippen LogP contribution >= 0.6 is 0 Å². The Morgan fingerprint density at radius 3 is 2.21 bits per heavy atom. The maximum absolute atomic E-state index is 12.1. The summed E-state index contributed by atoms with van der Waals surface area (Å²) in [6.07, 6.45) is 0.740. The van der Waals surface area contributed by atoms with E-state index >= 15 is 0 Å². The molecule has 9 heteroatoms. The molecule has 0 unspecified atom stereocenters. The van der Waals surface area contributed by atoms with Crippen LogP contribution in [0, 0.1) is 10.1 Å². The van der Waals surface area contributed by atoms with Crippen LogP contribution in [0.25, 0.3) is 0 Å². The van der Waals surface area contributed by atoms with Gasteiger partial charge in [0.05, 0.1) is 16.7 Å². The van der Waals surface area contributed by atoms with Gasteiger partial charge in [0.1, 0.15) is 11.4 Å². The van der Waals surface area contributed by atoms with Crippen LogP contribution in [0.2, 0.25) is 0 Å². The van der Waals surface area contributed by atoms with E-state index in [2.05, 4.69) is 10.5 Å². The summed E-state index contributed by atoms with van der Waals surface area (Å²) in [7, 11) is 0. The van der Waals surface area contributed by atoms with Crippen molar-refractivity contribution >= 4 is 24.0 Å². The molecule has 0 radical (unpaired) electrons. The molecule has 1 N–H and O–H groups in total. The highest BCUT2D eigenvalue weighted by Crippen LogP contribution is 2.16. The topological polar surface area (TPSA) is 120 Å². The van der Waals surface area contributed by atoms with Gasteiger partial charge in [-0.3, -0.25) is 10.1 Å². The third-order valence-corrected chi connectivity index (χ3v) is 3.17. The lowest BCUT2D eigenvalue weighted by Gasteiger charge is -2.18. The van der Waals surface area contributed by atoms with E-state index in [0.717, 1.165) is 0 Å². The van der Waals surface area contributed by atoms with Gasteiger partial charge < -0.3 is 9.47 Å². The first-order chi connectivity index (χ1) is 13.1. The number of hydrogen-bond acceptors (Lipinski definition) is 7. The highest BCUT2D eigenvalue weighted by Gasteiger charge is 2.15. The Labute approximate surface area is 161 Å². The number of carbonyl (C=O) groups excluding carboxylic acids is 2. The first-order valence-corrected chi connectivity index (χ1v) is 8.23. The molecule has 146 valence electrons. The molecule has 2 aromatic carbocycles. The van der Waals surface area contributed by atoms with Gasteiger partial charge >= 0.3 is 12.1 Å². The number of nitrogens with zero attached hydrogens (tertiary/aromatic N) is 2. The molecule has 0 saturated heterocycles. The molecule has 0 spiro atoms. The number of benzene rings is 2. The number of nitrogens with one attached hydrogen (secondary N) is 1. The number of carbonyl (C=O) groups is 2. The van der Waals surface area contributed by atoms with Crippen LogP contribution in [0.4, 0.5) is 10.5 Å². The summed E-state index contributed by atoms with van der Waals surface area (Å²) in [5, 5.41) is 14.4. The fourth-order valence-corrected chi connectivity index (χ4v) is 1.97. The Kier molecular flexibility index (Phi) is 6.43. The number of non-ortho nitro benzene ring substituents is 1. The predicted molar refractivity (Wildman–Crippen MR) is 101 cm³/mol. The molecule has 0 atom stereocenters. The van der Waals surface area contributed by atoms with Gasteiger partial charge in [0.2, 0.25) is 0 Å². The lowest BCUT2D eigenvalue weighted by Crippen LogP contribution is -2.29. The maximum atomic E-state index is 12.1. The van der Waals surface area contributed by atoms with Crippen LogP contribution in [0.5, 0.6) is 5.75 Å². The van der Waals surface area contributed by atoms with Gasteiger partial charge in [0.15, 0.2) is 0 Å². The monoisotopic (exact) mass is 385 g/mol. The molecule has 0 heterocycles. The zero-order valence-corrected chi connectivity index (χ0v) is 15.5. The lowest BCUT2D eigenvalue weighted by atomic mass is 10.2. The maximum Gasteiger partial charge on any atom is 0.428 e. The Morgan fingerprint density at radius 1 is 1.07 bits per heavy atom. The largest absolute Gasteiger partial charge is 0.443 e. The van der Waals surface area contributed by atoms with E-state index in [1.54, 1.807) is 45.0 Å². The van der Waals surface area contributed by atoms with Crippen molar-refractivity contribution in [2.75, 3.05) is 0 Å². The van der Waals surface area contributed by atoms with Crippen molar-refractivity contribution in [1.82, 2.24) is 5.43 Å². The van der Waals surface area contributed by atoms with E-state index in [1.807, 2.05) is 0 Å². The molecule has 0 saturated carbocycles. The van der Waals surface area contributed by atoms with Gasteiger partial charge in [-0.05, 0) is 62.7 Å². The smallest absolute Gasteiger partial charge is 0.428 e. The number of ether oxygens (including phenoxy) is 2. The molecule has 0 aliphatic rings. The fraction of sp³-hybridized carbons (Fsp3) is 0.211. The van der Waals surface area contributed by atoms with Crippen LogP contribution in [0.1, 0.15) is 36.7 Å². The number of esters is 1. The second-order valence-electron chi connectivity index (χ2n) is 6.63. The summed E-state index contributed by atoms with van der Waals surface area (Å²) in [5.41, 5.74) is 2.37. The molecule has 0 fully saturated rings. The molecule has 9 nitrogen and oxygen atoms in total. The van der Waals surface area contributed by atoms with Gasteiger partial charge in [-0.2, -0.15) is 5.10 Å². The third-order valence-electron chi connectivity index (χ3n) is 3.17. The molecule has 1 amide bonds. The van der Waals surface area contributed by atoms with Crippen LogP contribution in [-0.4, -0.2) is 28.8 Å². The standard InChI is InChI=1S/C19H19N3O6/c1-19(2,3)28-18(24)21-20-12-13-4-10-16(11-5-13)27-17(23)14-6-8-15(9-7-14)22(25)26/h4-12H,1-3H3,(H,21,24)/b20-12+. The first kappa shape index (κ1) is 20.6. The number of nitro benzene ring substituents is 1. The van der Waals surface area contributed by atoms with Crippen molar-refractivity contribution in [2.24, 2.45) is 5.10 Å². The van der Waals surface area contributed by atoms with E-state index in [-0.39, 0.29) is 11.3 Å². The minimum absolute atomic E-state index is 0.111. The van der Waals surface area contributed by atoms with Crippen LogP contribution in [-0.2, 0) is 4.74 Å². The third kappa shape index (κ3) is 6.52. The summed E-state index contributed by atoms with van der Waals surface area (Å²) in [6.45, 7) is 5.23. The number of hydrazone groups is 1. The van der Waals surface area contributed by atoms with E-state index in [0.29, 0.717) is 11.3 Å². The lowest BCUT2D eigenvalue weighted by molar-refractivity contribution is -0.384. The predicted octanol–water partition coefficient (Wildman–Crippen LogP) is 3.67. The molecule has 2 aromatic rings. The van der Waals surface area contributed by atoms with Crippen molar-refractivity contribution in [3.8, 4) is 5.75 Å². The van der Waals surface area contributed by atoms with E-state index < -0.39 is 22.6 Å². The van der Waals surface area contributed by atoms with Crippen LogP contribution in [0.3, 0.4) is 0 Å². The quantitative estimate of drug-likeness (QED) is 0.276. The summed E-state index contributed by atoms with van der Waals surface area (Å²) >= 11 is 0. The van der Waals surface area contributed by atoms with Crippen molar-refractivity contribution in [1.29, 1.82) is 0 Å². The van der Waals surface area contributed by atoms with Gasteiger partial charge in [-0.25, -0.2) is 15.0 Å². The van der Waals surface area contributed by atoms with E-state index in [4.69, 9.17) is 9.47 Å². The van der Waals surface area contributed by atoms with Gasteiger partial charge in [0.25, 0.3) is 5.69 Å².